The zero-order valence-electron chi connectivity index (χ0n) is 15.2. The van der Waals surface area contributed by atoms with Crippen molar-refractivity contribution >= 4 is 5.91 Å². The minimum absolute atomic E-state index is 0.0688. The van der Waals surface area contributed by atoms with Crippen LogP contribution in [0.1, 0.15) is 51.0 Å². The van der Waals surface area contributed by atoms with E-state index in [0.29, 0.717) is 17.2 Å². The normalized spacial score (nSPS) is 34.0. The molecular weight excluding hydrogens is 312 g/mol. The Labute approximate surface area is 150 Å². The summed E-state index contributed by atoms with van der Waals surface area (Å²) in [5, 5.41) is 3.81. The molecule has 0 aliphatic heterocycles. The Bertz CT molecular complexity index is 590. The fraction of sp³-hybridized carbons (Fsp3) is 0.667. The first-order chi connectivity index (χ1) is 12.0. The molecule has 0 unspecified atom stereocenters. The van der Waals surface area contributed by atoms with Crippen molar-refractivity contribution in [2.24, 2.45) is 28.9 Å². The number of hydrogen-bond donors (Lipinski definition) is 2. The first-order valence-electron chi connectivity index (χ1n) is 9.76. The van der Waals surface area contributed by atoms with Gasteiger partial charge in [-0.3, -0.25) is 4.79 Å². The molecule has 0 saturated heterocycles. The minimum atomic E-state index is -0.449. The summed E-state index contributed by atoms with van der Waals surface area (Å²) in [6, 6.07) is 8.53. The van der Waals surface area contributed by atoms with Crippen molar-refractivity contribution < 1.29 is 9.53 Å². The van der Waals surface area contributed by atoms with E-state index in [1.54, 1.807) is 0 Å². The Morgan fingerprint density at radius 2 is 1.72 bits per heavy atom. The zero-order valence-corrected chi connectivity index (χ0v) is 15.2. The van der Waals surface area contributed by atoms with Crippen LogP contribution in [0.15, 0.2) is 24.3 Å². The molecule has 3 N–H and O–H groups in total. The van der Waals surface area contributed by atoms with Crippen molar-refractivity contribution in [2.45, 2.75) is 58.0 Å². The van der Waals surface area contributed by atoms with Gasteiger partial charge in [0.05, 0.1) is 0 Å². The first kappa shape index (κ1) is 16.9. The Morgan fingerprint density at radius 1 is 1.16 bits per heavy atom. The van der Waals surface area contributed by atoms with Crippen LogP contribution in [-0.4, -0.2) is 18.6 Å². The lowest BCUT2D eigenvalue weighted by molar-refractivity contribution is -0.119. The van der Waals surface area contributed by atoms with Gasteiger partial charge >= 0.3 is 0 Å². The number of benzene rings is 1. The fourth-order valence-corrected chi connectivity index (χ4v) is 6.05. The Morgan fingerprint density at radius 3 is 2.24 bits per heavy atom. The van der Waals surface area contributed by atoms with Crippen LogP contribution in [0.4, 0.5) is 0 Å². The predicted octanol–water partition coefficient (Wildman–Crippen LogP) is 3.25. The molecule has 1 aromatic carbocycles. The van der Waals surface area contributed by atoms with Gasteiger partial charge in [-0.15, -0.1) is 0 Å². The molecule has 1 aromatic rings. The highest BCUT2D eigenvalue weighted by atomic mass is 16.5. The third-order valence-electron chi connectivity index (χ3n) is 6.92. The molecule has 4 heteroatoms. The lowest BCUT2D eigenvalue weighted by Gasteiger charge is -2.59. The molecule has 4 aliphatic carbocycles. The van der Waals surface area contributed by atoms with Crippen LogP contribution in [-0.2, 0) is 11.3 Å². The van der Waals surface area contributed by atoms with Gasteiger partial charge in [-0.25, -0.2) is 0 Å². The van der Waals surface area contributed by atoms with Crippen LogP contribution in [0.5, 0.6) is 5.75 Å². The molecule has 1 atom stereocenters. The van der Waals surface area contributed by atoms with Crippen LogP contribution in [0.2, 0.25) is 0 Å². The van der Waals surface area contributed by atoms with Gasteiger partial charge in [0.2, 0.25) is 0 Å². The maximum Gasteiger partial charge on any atom is 0.255 e. The fourth-order valence-electron chi connectivity index (χ4n) is 6.05. The van der Waals surface area contributed by atoms with E-state index in [1.165, 1.54) is 44.1 Å². The quantitative estimate of drug-likeness (QED) is 0.799. The number of carbonyl (C=O) groups excluding carboxylic acids is 1. The number of primary amides is 1. The summed E-state index contributed by atoms with van der Waals surface area (Å²) in [5.41, 5.74) is 6.89. The van der Waals surface area contributed by atoms with Crippen molar-refractivity contribution in [1.82, 2.24) is 5.32 Å². The number of amides is 1. The third-order valence-corrected chi connectivity index (χ3v) is 6.92. The molecule has 1 amide bonds. The van der Waals surface area contributed by atoms with Crippen molar-refractivity contribution in [3.63, 3.8) is 0 Å². The molecule has 4 nitrogen and oxygen atoms in total. The number of nitrogens with one attached hydrogen (secondary N) is 1. The number of carbonyl (C=O) groups is 1. The summed E-state index contributed by atoms with van der Waals surface area (Å²) >= 11 is 0. The SMILES string of the molecule is C[C@@H](NCc1ccc(OCC(N)=O)cc1)C12CC3CC(CC(C3)C1)C2. The topological polar surface area (TPSA) is 64.3 Å². The van der Waals surface area contributed by atoms with Crippen LogP contribution in [0.3, 0.4) is 0 Å². The Balaban J connectivity index is 1.33. The molecule has 0 aromatic heterocycles. The number of ether oxygens (including phenoxy) is 1. The van der Waals surface area contributed by atoms with E-state index < -0.39 is 5.91 Å². The maximum absolute atomic E-state index is 10.8. The third kappa shape index (κ3) is 3.55. The second-order valence-corrected chi connectivity index (χ2v) is 8.78. The average molecular weight is 342 g/mol. The molecule has 4 bridgehead atoms. The highest BCUT2D eigenvalue weighted by Crippen LogP contribution is 2.61. The minimum Gasteiger partial charge on any atom is -0.484 e. The van der Waals surface area contributed by atoms with Gasteiger partial charge in [-0.2, -0.15) is 0 Å². The van der Waals surface area contributed by atoms with Crippen LogP contribution >= 0.6 is 0 Å². The van der Waals surface area contributed by atoms with E-state index >= 15 is 0 Å². The Kier molecular flexibility index (Phi) is 4.48. The molecule has 0 radical (unpaired) electrons. The molecule has 4 aliphatic rings. The smallest absolute Gasteiger partial charge is 0.255 e. The molecule has 4 saturated carbocycles. The van der Waals surface area contributed by atoms with Gasteiger partial charge in [0, 0.05) is 12.6 Å². The summed E-state index contributed by atoms with van der Waals surface area (Å²) in [7, 11) is 0. The largest absolute Gasteiger partial charge is 0.484 e. The monoisotopic (exact) mass is 342 g/mol. The lowest BCUT2D eigenvalue weighted by atomic mass is 9.48. The van der Waals surface area contributed by atoms with Crippen molar-refractivity contribution in [2.75, 3.05) is 6.61 Å². The summed E-state index contributed by atoms with van der Waals surface area (Å²) in [4.78, 5) is 10.8. The highest BCUT2D eigenvalue weighted by molar-refractivity contribution is 5.75. The predicted molar refractivity (Wildman–Crippen MR) is 98.0 cm³/mol. The summed E-state index contributed by atoms with van der Waals surface area (Å²) < 4.78 is 5.32. The Hall–Kier alpha value is -1.55. The molecule has 4 fully saturated rings. The van der Waals surface area contributed by atoms with Gasteiger partial charge in [0.15, 0.2) is 6.61 Å². The van der Waals surface area contributed by atoms with Crippen molar-refractivity contribution in [1.29, 1.82) is 0 Å². The van der Waals surface area contributed by atoms with Crippen molar-refractivity contribution in [3.8, 4) is 5.75 Å². The number of nitrogens with two attached hydrogens (primary N) is 1. The van der Waals surface area contributed by atoms with E-state index in [4.69, 9.17) is 10.5 Å². The highest BCUT2D eigenvalue weighted by Gasteiger charge is 2.52. The zero-order chi connectivity index (χ0) is 17.4. The average Bonchev–Trinajstić information content (AvgIpc) is 2.57. The van der Waals surface area contributed by atoms with Gasteiger partial charge in [0.1, 0.15) is 5.75 Å². The first-order valence-corrected chi connectivity index (χ1v) is 9.76. The molecular formula is C21H30N2O2. The molecule has 136 valence electrons. The van der Waals surface area contributed by atoms with Gasteiger partial charge in [-0.1, -0.05) is 12.1 Å². The second-order valence-electron chi connectivity index (χ2n) is 8.78. The maximum atomic E-state index is 10.8. The van der Waals surface area contributed by atoms with E-state index in [0.717, 1.165) is 24.3 Å². The lowest BCUT2D eigenvalue weighted by Crippen LogP contribution is -2.54. The van der Waals surface area contributed by atoms with E-state index in [1.807, 2.05) is 12.1 Å². The van der Waals surface area contributed by atoms with Gasteiger partial charge in [-0.05, 0) is 86.3 Å². The number of hydrogen-bond acceptors (Lipinski definition) is 3. The van der Waals surface area contributed by atoms with Crippen LogP contribution in [0, 0.1) is 23.2 Å². The number of rotatable bonds is 7. The van der Waals surface area contributed by atoms with Gasteiger partial charge in [0.25, 0.3) is 5.91 Å². The molecule has 0 spiro atoms. The molecule has 5 rings (SSSR count). The van der Waals surface area contributed by atoms with E-state index in [2.05, 4.69) is 24.4 Å². The van der Waals surface area contributed by atoms with E-state index in [-0.39, 0.29) is 6.61 Å². The van der Waals surface area contributed by atoms with Crippen LogP contribution < -0.4 is 15.8 Å². The van der Waals surface area contributed by atoms with Gasteiger partial charge < -0.3 is 15.8 Å². The summed E-state index contributed by atoms with van der Waals surface area (Å²) in [6.45, 7) is 3.22. The summed E-state index contributed by atoms with van der Waals surface area (Å²) in [5.74, 6) is 3.23. The van der Waals surface area contributed by atoms with Crippen molar-refractivity contribution in [3.05, 3.63) is 29.8 Å². The van der Waals surface area contributed by atoms with E-state index in [9.17, 15) is 4.79 Å². The standard InChI is InChI=1S/C21H30N2O2/c1-14(21-9-16-6-17(10-21)8-18(7-16)11-21)23-12-15-2-4-19(5-3-15)25-13-20(22)24/h2-5,14,16-18,23H,6-13H2,1H3,(H2,22,24)/t14-,16?,17?,18?,21?/m1/s1. The summed E-state index contributed by atoms with van der Waals surface area (Å²) in [6.07, 6.45) is 8.81. The molecule has 0 heterocycles. The molecule has 25 heavy (non-hydrogen) atoms. The van der Waals surface area contributed by atoms with Crippen LogP contribution in [0.25, 0.3) is 0 Å². The second kappa shape index (κ2) is 6.64.